The molecule has 0 aliphatic heterocycles. The zero-order valence-electron chi connectivity index (χ0n) is 11.4. The smallest absolute Gasteiger partial charge is 0.230 e. The van der Waals surface area contributed by atoms with Gasteiger partial charge in [-0.3, -0.25) is 0 Å². The fraction of sp³-hybridized carbons (Fsp3) is 0.125. The summed E-state index contributed by atoms with van der Waals surface area (Å²) in [5.41, 5.74) is 9.59. The van der Waals surface area contributed by atoms with E-state index in [-0.39, 0.29) is 0 Å². The van der Waals surface area contributed by atoms with Crippen LogP contribution >= 0.6 is 0 Å². The van der Waals surface area contributed by atoms with Crippen LogP contribution in [0.1, 0.15) is 11.1 Å². The topological polar surface area (TPSA) is 61.0 Å². The molecule has 1 heterocycles. The number of nitrogens with zero attached hydrogens (tertiary/aromatic N) is 2. The third-order valence-electron chi connectivity index (χ3n) is 3.38. The van der Waals surface area contributed by atoms with Crippen molar-refractivity contribution in [3.05, 3.63) is 53.9 Å². The molecule has 0 saturated carbocycles. The minimum absolute atomic E-state index is 0.524. The van der Waals surface area contributed by atoms with E-state index in [1.165, 1.54) is 11.9 Å². The number of nitrogen functional groups attached to an aromatic ring is 1. The van der Waals surface area contributed by atoms with E-state index in [2.05, 4.69) is 23.0 Å². The summed E-state index contributed by atoms with van der Waals surface area (Å²) >= 11 is 0. The molecule has 2 aromatic carbocycles. The Morgan fingerprint density at radius 1 is 1.05 bits per heavy atom. The molecule has 3 rings (SSSR count). The lowest BCUT2D eigenvalue weighted by molar-refractivity contribution is 0.464. The summed E-state index contributed by atoms with van der Waals surface area (Å²) < 4.78 is 5.95. The van der Waals surface area contributed by atoms with Crippen molar-refractivity contribution in [1.29, 1.82) is 0 Å². The number of nitrogens with two attached hydrogens (primary N) is 1. The van der Waals surface area contributed by atoms with E-state index in [0.29, 0.717) is 11.6 Å². The Balaban J connectivity index is 2.11. The van der Waals surface area contributed by atoms with Crippen LogP contribution < -0.4 is 10.5 Å². The third-order valence-corrected chi connectivity index (χ3v) is 3.38. The van der Waals surface area contributed by atoms with Crippen LogP contribution in [0.5, 0.6) is 11.6 Å². The van der Waals surface area contributed by atoms with Crippen LogP contribution in [0.4, 0.5) is 5.69 Å². The summed E-state index contributed by atoms with van der Waals surface area (Å²) in [6.07, 6.45) is 1.50. The van der Waals surface area contributed by atoms with Gasteiger partial charge in [0.15, 0.2) is 0 Å². The number of ether oxygens (including phenoxy) is 1. The van der Waals surface area contributed by atoms with E-state index in [4.69, 9.17) is 10.5 Å². The molecule has 4 nitrogen and oxygen atoms in total. The predicted molar refractivity (Wildman–Crippen MR) is 79.9 cm³/mol. The molecule has 0 fully saturated rings. The molecule has 3 aromatic rings. The molecule has 0 unspecified atom stereocenters. The van der Waals surface area contributed by atoms with Gasteiger partial charge in [-0.15, -0.1) is 0 Å². The molecule has 1 aromatic heterocycles. The first-order valence-corrected chi connectivity index (χ1v) is 6.39. The van der Waals surface area contributed by atoms with Crippen LogP contribution in [0, 0.1) is 13.8 Å². The lowest BCUT2D eigenvalue weighted by Gasteiger charge is -2.11. The Hall–Kier alpha value is -2.62. The number of anilines is 1. The van der Waals surface area contributed by atoms with Gasteiger partial charge < -0.3 is 10.5 Å². The number of fused-ring (bicyclic) bond motifs is 1. The van der Waals surface area contributed by atoms with Crippen molar-refractivity contribution >= 4 is 16.6 Å². The maximum atomic E-state index is 5.95. The lowest BCUT2D eigenvalue weighted by Crippen LogP contribution is -1.95. The first-order chi connectivity index (χ1) is 9.65. The Morgan fingerprint density at radius 3 is 2.75 bits per heavy atom. The minimum Gasteiger partial charge on any atom is -0.438 e. The molecule has 0 aliphatic carbocycles. The van der Waals surface area contributed by atoms with Crippen LogP contribution in [0.2, 0.25) is 0 Å². The van der Waals surface area contributed by atoms with Gasteiger partial charge in [0, 0.05) is 5.69 Å². The van der Waals surface area contributed by atoms with E-state index < -0.39 is 0 Å². The molecule has 0 aliphatic rings. The van der Waals surface area contributed by atoms with E-state index in [1.807, 2.05) is 37.3 Å². The summed E-state index contributed by atoms with van der Waals surface area (Å²) in [6.45, 7) is 4.08. The fourth-order valence-corrected chi connectivity index (χ4v) is 2.07. The van der Waals surface area contributed by atoms with E-state index >= 15 is 0 Å². The second-order valence-corrected chi connectivity index (χ2v) is 4.76. The number of hydrogen-bond donors (Lipinski definition) is 1. The fourth-order valence-electron chi connectivity index (χ4n) is 2.07. The zero-order chi connectivity index (χ0) is 14.1. The molecule has 0 radical (unpaired) electrons. The highest BCUT2D eigenvalue weighted by molar-refractivity contribution is 5.86. The lowest BCUT2D eigenvalue weighted by atomic mass is 10.1. The van der Waals surface area contributed by atoms with Gasteiger partial charge >= 0.3 is 0 Å². The molecule has 4 heteroatoms. The van der Waals surface area contributed by atoms with E-state index in [0.717, 1.165) is 22.2 Å². The van der Waals surface area contributed by atoms with Gasteiger partial charge in [0.05, 0.1) is 10.9 Å². The first-order valence-electron chi connectivity index (χ1n) is 6.39. The van der Waals surface area contributed by atoms with E-state index in [1.54, 1.807) is 0 Å². The Kier molecular flexibility index (Phi) is 2.99. The molecule has 0 bridgehead atoms. The van der Waals surface area contributed by atoms with Crippen molar-refractivity contribution in [1.82, 2.24) is 9.97 Å². The van der Waals surface area contributed by atoms with Crippen molar-refractivity contribution in [3.63, 3.8) is 0 Å². The SMILES string of the molecule is Cc1cccc(Oc2ncnc3ccc(N)cc23)c1C. The van der Waals surface area contributed by atoms with Crippen LogP contribution in [-0.4, -0.2) is 9.97 Å². The normalized spacial score (nSPS) is 10.7. The van der Waals surface area contributed by atoms with E-state index in [9.17, 15) is 0 Å². The zero-order valence-corrected chi connectivity index (χ0v) is 11.4. The first kappa shape index (κ1) is 12.4. The molecule has 0 atom stereocenters. The number of hydrogen-bond acceptors (Lipinski definition) is 4. The number of aryl methyl sites for hydroxylation is 1. The van der Waals surface area contributed by atoms with Crippen molar-refractivity contribution in [2.24, 2.45) is 0 Å². The highest BCUT2D eigenvalue weighted by atomic mass is 16.5. The van der Waals surface area contributed by atoms with Gasteiger partial charge in [-0.05, 0) is 49.2 Å². The van der Waals surface area contributed by atoms with Gasteiger partial charge in [-0.25, -0.2) is 9.97 Å². The maximum absolute atomic E-state index is 5.95. The van der Waals surface area contributed by atoms with Gasteiger partial charge in [0.2, 0.25) is 5.88 Å². The second-order valence-electron chi connectivity index (χ2n) is 4.76. The van der Waals surface area contributed by atoms with Gasteiger partial charge in [0.1, 0.15) is 12.1 Å². The maximum Gasteiger partial charge on any atom is 0.230 e. The van der Waals surface area contributed by atoms with Gasteiger partial charge in [-0.1, -0.05) is 12.1 Å². The quantitative estimate of drug-likeness (QED) is 0.719. The molecular formula is C16H15N3O. The number of aromatic nitrogens is 2. The highest BCUT2D eigenvalue weighted by Crippen LogP contribution is 2.30. The van der Waals surface area contributed by atoms with Crippen LogP contribution in [0.3, 0.4) is 0 Å². The van der Waals surface area contributed by atoms with Crippen LogP contribution in [0.25, 0.3) is 10.9 Å². The number of benzene rings is 2. The monoisotopic (exact) mass is 265 g/mol. The molecular weight excluding hydrogens is 250 g/mol. The summed E-state index contributed by atoms with van der Waals surface area (Å²) in [7, 11) is 0. The van der Waals surface area contributed by atoms with Gasteiger partial charge in [-0.2, -0.15) is 0 Å². The molecule has 0 amide bonds. The molecule has 0 spiro atoms. The average molecular weight is 265 g/mol. The van der Waals surface area contributed by atoms with Crippen molar-refractivity contribution in [3.8, 4) is 11.6 Å². The molecule has 100 valence electrons. The summed E-state index contributed by atoms with van der Waals surface area (Å²) in [6, 6.07) is 11.5. The Labute approximate surface area is 117 Å². The Morgan fingerprint density at radius 2 is 1.90 bits per heavy atom. The number of rotatable bonds is 2. The standard InChI is InChI=1S/C16H15N3O/c1-10-4-3-5-15(11(10)2)20-16-13-8-12(17)6-7-14(13)18-9-19-16/h3-9H,17H2,1-2H3. The van der Waals surface area contributed by atoms with Crippen molar-refractivity contribution in [2.45, 2.75) is 13.8 Å². The minimum atomic E-state index is 0.524. The molecule has 2 N–H and O–H groups in total. The van der Waals surface area contributed by atoms with Crippen molar-refractivity contribution < 1.29 is 4.74 Å². The third kappa shape index (κ3) is 2.16. The average Bonchev–Trinajstić information content (AvgIpc) is 2.44. The summed E-state index contributed by atoms with van der Waals surface area (Å²) in [5, 5.41) is 0.813. The van der Waals surface area contributed by atoms with Crippen LogP contribution in [-0.2, 0) is 0 Å². The van der Waals surface area contributed by atoms with Crippen molar-refractivity contribution in [2.75, 3.05) is 5.73 Å². The molecule has 0 saturated heterocycles. The molecule has 20 heavy (non-hydrogen) atoms. The summed E-state index contributed by atoms with van der Waals surface area (Å²) in [5.74, 6) is 1.32. The highest BCUT2D eigenvalue weighted by Gasteiger charge is 2.09. The Bertz CT molecular complexity index is 784. The summed E-state index contributed by atoms with van der Waals surface area (Å²) in [4.78, 5) is 8.44. The largest absolute Gasteiger partial charge is 0.438 e. The predicted octanol–water partition coefficient (Wildman–Crippen LogP) is 3.62. The van der Waals surface area contributed by atoms with Gasteiger partial charge in [0.25, 0.3) is 0 Å². The van der Waals surface area contributed by atoms with Crippen LogP contribution in [0.15, 0.2) is 42.7 Å². The second kappa shape index (κ2) is 4.81.